The summed E-state index contributed by atoms with van der Waals surface area (Å²) in [5, 5.41) is 2.99. The minimum absolute atomic E-state index is 0.0124. The van der Waals surface area contributed by atoms with E-state index in [1.54, 1.807) is 11.8 Å². The normalized spacial score (nSPS) is 11.3. The van der Waals surface area contributed by atoms with Crippen LogP contribution in [-0.2, 0) is 0 Å². The third kappa shape index (κ3) is 5.29. The molecule has 0 atom stereocenters. The molecule has 23 heavy (non-hydrogen) atoms. The van der Waals surface area contributed by atoms with Gasteiger partial charge in [0.25, 0.3) is 5.91 Å². The molecule has 0 radical (unpaired) electrons. The summed E-state index contributed by atoms with van der Waals surface area (Å²) in [6, 6.07) is 17.9. The second kappa shape index (κ2) is 9.21. The number of hydrogen-bond acceptors (Lipinski definition) is 2. The Bertz CT molecular complexity index is 647. The number of amides is 1. The summed E-state index contributed by atoms with van der Waals surface area (Å²) < 4.78 is 0. The number of benzene rings is 2. The summed E-state index contributed by atoms with van der Waals surface area (Å²) in [4.78, 5) is 13.5. The molecule has 0 aliphatic rings. The van der Waals surface area contributed by atoms with Crippen molar-refractivity contribution >= 4 is 17.7 Å². The Morgan fingerprint density at radius 1 is 1.04 bits per heavy atom. The van der Waals surface area contributed by atoms with Crippen LogP contribution in [0.25, 0.3) is 11.1 Å². The molecule has 120 valence electrons. The quantitative estimate of drug-likeness (QED) is 0.764. The lowest BCUT2D eigenvalue weighted by Crippen LogP contribution is -2.24. The minimum Gasteiger partial charge on any atom is -0.352 e. The first-order valence-corrected chi connectivity index (χ1v) is 9.13. The van der Waals surface area contributed by atoms with Gasteiger partial charge in [0.15, 0.2) is 0 Å². The summed E-state index contributed by atoms with van der Waals surface area (Å²) in [6.07, 6.45) is 6.21. The van der Waals surface area contributed by atoms with Gasteiger partial charge in [0, 0.05) is 12.1 Å². The average Bonchev–Trinajstić information content (AvgIpc) is 2.61. The Morgan fingerprint density at radius 3 is 2.30 bits per heavy atom. The van der Waals surface area contributed by atoms with Crippen LogP contribution >= 0.6 is 11.8 Å². The molecule has 2 aromatic carbocycles. The highest BCUT2D eigenvalue weighted by molar-refractivity contribution is 8.02. The summed E-state index contributed by atoms with van der Waals surface area (Å²) in [6.45, 7) is 2.80. The van der Waals surface area contributed by atoms with Crippen LogP contribution in [0.5, 0.6) is 0 Å². The van der Waals surface area contributed by atoms with E-state index in [0.29, 0.717) is 12.1 Å². The Hall–Kier alpha value is -2.00. The van der Waals surface area contributed by atoms with Crippen molar-refractivity contribution in [1.29, 1.82) is 0 Å². The monoisotopic (exact) mass is 325 g/mol. The van der Waals surface area contributed by atoms with E-state index in [-0.39, 0.29) is 5.91 Å². The van der Waals surface area contributed by atoms with Crippen molar-refractivity contribution in [2.24, 2.45) is 0 Å². The molecule has 0 unspecified atom stereocenters. The van der Waals surface area contributed by atoms with Gasteiger partial charge in [-0.1, -0.05) is 55.5 Å². The average molecular weight is 325 g/mol. The number of thioether (sulfide) groups is 1. The molecule has 0 heterocycles. The van der Waals surface area contributed by atoms with Crippen molar-refractivity contribution in [2.75, 3.05) is 12.8 Å². The molecular weight excluding hydrogens is 302 g/mol. The van der Waals surface area contributed by atoms with Crippen molar-refractivity contribution in [3.63, 3.8) is 0 Å². The first-order chi connectivity index (χ1) is 11.2. The van der Waals surface area contributed by atoms with Crippen molar-refractivity contribution in [1.82, 2.24) is 5.32 Å². The molecule has 2 aromatic rings. The van der Waals surface area contributed by atoms with E-state index in [0.717, 1.165) is 24.0 Å². The molecular formula is C20H23NOS. The van der Waals surface area contributed by atoms with E-state index in [1.807, 2.05) is 42.5 Å². The fourth-order valence-corrected chi connectivity index (χ4v) is 3.00. The van der Waals surface area contributed by atoms with Gasteiger partial charge in [0.2, 0.25) is 0 Å². The van der Waals surface area contributed by atoms with Crippen LogP contribution in [0.4, 0.5) is 0 Å². The second-order valence-corrected chi connectivity index (χ2v) is 6.16. The van der Waals surface area contributed by atoms with Crippen LogP contribution in [0, 0.1) is 0 Å². The highest BCUT2D eigenvalue weighted by Crippen LogP contribution is 2.19. The Kier molecular flexibility index (Phi) is 6.95. The molecule has 0 fully saturated rings. The fraction of sp³-hybridized carbons (Fsp3) is 0.250. The van der Waals surface area contributed by atoms with Crippen LogP contribution < -0.4 is 5.32 Å². The van der Waals surface area contributed by atoms with Crippen molar-refractivity contribution < 1.29 is 4.79 Å². The van der Waals surface area contributed by atoms with Crippen LogP contribution in [0.1, 0.15) is 30.1 Å². The molecule has 3 heteroatoms. The molecule has 1 N–H and O–H groups in total. The minimum atomic E-state index is -0.0124. The number of carbonyl (C=O) groups excluding carboxylic acids is 1. The molecule has 2 nitrogen and oxygen atoms in total. The third-order valence-corrected chi connectivity index (χ3v) is 4.50. The van der Waals surface area contributed by atoms with Gasteiger partial charge in [-0.05, 0) is 47.3 Å². The number of hydrogen-bond donors (Lipinski definition) is 1. The lowest BCUT2D eigenvalue weighted by molar-refractivity contribution is 0.0954. The maximum absolute atomic E-state index is 12.2. The van der Waals surface area contributed by atoms with Gasteiger partial charge < -0.3 is 5.32 Å². The Labute approximate surface area is 143 Å². The molecule has 0 aromatic heterocycles. The second-order valence-electron chi connectivity index (χ2n) is 5.23. The Balaban J connectivity index is 1.92. The zero-order chi connectivity index (χ0) is 16.5. The predicted molar refractivity (Wildman–Crippen MR) is 101 cm³/mol. The fourth-order valence-electron chi connectivity index (χ4n) is 2.36. The summed E-state index contributed by atoms with van der Waals surface area (Å²) >= 11 is 1.75. The largest absolute Gasteiger partial charge is 0.352 e. The zero-order valence-corrected chi connectivity index (χ0v) is 14.5. The van der Waals surface area contributed by atoms with Crippen LogP contribution in [0.2, 0.25) is 0 Å². The predicted octanol–water partition coefficient (Wildman–Crippen LogP) is 5.13. The van der Waals surface area contributed by atoms with Gasteiger partial charge in [-0.25, -0.2) is 0 Å². The standard InChI is InChI=1S/C20H23NOS/c1-3-7-19(23-2)14-15-21-20(22)18-12-10-17(11-13-18)16-8-5-4-6-9-16/h4-13H,3,14-15H2,1-2H3,(H,21,22)/b19-7-. The number of allylic oxidation sites excluding steroid dienone is 1. The maximum atomic E-state index is 12.2. The SMILES string of the molecule is CC/C=C(/CCNC(=O)c1ccc(-c2ccccc2)cc1)SC. The molecule has 1 amide bonds. The van der Waals surface area contributed by atoms with Gasteiger partial charge in [0.05, 0.1) is 0 Å². The highest BCUT2D eigenvalue weighted by Gasteiger charge is 2.06. The summed E-state index contributed by atoms with van der Waals surface area (Å²) in [5.74, 6) is -0.0124. The van der Waals surface area contributed by atoms with Crippen LogP contribution in [0.15, 0.2) is 65.6 Å². The highest BCUT2D eigenvalue weighted by atomic mass is 32.2. The summed E-state index contributed by atoms with van der Waals surface area (Å²) in [5.41, 5.74) is 2.99. The summed E-state index contributed by atoms with van der Waals surface area (Å²) in [7, 11) is 0. The van der Waals surface area contributed by atoms with Crippen molar-refractivity contribution in [3.8, 4) is 11.1 Å². The molecule has 0 aliphatic carbocycles. The lowest BCUT2D eigenvalue weighted by Gasteiger charge is -2.08. The van der Waals surface area contributed by atoms with Crippen LogP contribution in [-0.4, -0.2) is 18.7 Å². The first kappa shape index (κ1) is 17.4. The van der Waals surface area contributed by atoms with Gasteiger partial charge in [0.1, 0.15) is 0 Å². The molecule has 0 saturated heterocycles. The molecule has 0 saturated carbocycles. The molecule has 0 aliphatic heterocycles. The van der Waals surface area contributed by atoms with E-state index in [9.17, 15) is 4.79 Å². The molecule has 0 spiro atoms. The van der Waals surface area contributed by atoms with E-state index in [4.69, 9.17) is 0 Å². The van der Waals surface area contributed by atoms with Crippen molar-refractivity contribution in [2.45, 2.75) is 19.8 Å². The topological polar surface area (TPSA) is 29.1 Å². The number of rotatable bonds is 7. The number of carbonyl (C=O) groups is 1. The van der Waals surface area contributed by atoms with Crippen LogP contribution in [0.3, 0.4) is 0 Å². The van der Waals surface area contributed by atoms with E-state index >= 15 is 0 Å². The number of nitrogens with one attached hydrogen (secondary N) is 1. The molecule has 0 bridgehead atoms. The van der Waals surface area contributed by atoms with Gasteiger partial charge in [-0.3, -0.25) is 4.79 Å². The van der Waals surface area contributed by atoms with E-state index < -0.39 is 0 Å². The maximum Gasteiger partial charge on any atom is 0.251 e. The van der Waals surface area contributed by atoms with E-state index in [2.05, 4.69) is 36.7 Å². The zero-order valence-electron chi connectivity index (χ0n) is 13.7. The third-order valence-electron chi connectivity index (χ3n) is 3.61. The van der Waals surface area contributed by atoms with Gasteiger partial charge in [-0.15, -0.1) is 11.8 Å². The smallest absolute Gasteiger partial charge is 0.251 e. The Morgan fingerprint density at radius 2 is 1.70 bits per heavy atom. The van der Waals surface area contributed by atoms with Gasteiger partial charge >= 0.3 is 0 Å². The van der Waals surface area contributed by atoms with E-state index in [1.165, 1.54) is 4.91 Å². The first-order valence-electron chi connectivity index (χ1n) is 7.91. The van der Waals surface area contributed by atoms with Gasteiger partial charge in [-0.2, -0.15) is 0 Å². The lowest BCUT2D eigenvalue weighted by atomic mass is 10.0. The van der Waals surface area contributed by atoms with Crippen molar-refractivity contribution in [3.05, 3.63) is 71.1 Å². The molecule has 2 rings (SSSR count).